The molecule has 0 radical (unpaired) electrons. The van der Waals surface area contributed by atoms with Crippen LogP contribution in [0.25, 0.3) is 38.8 Å². The van der Waals surface area contributed by atoms with Gasteiger partial charge in [-0.25, -0.2) is 14.6 Å². The van der Waals surface area contributed by atoms with Crippen molar-refractivity contribution >= 4 is 44.8 Å². The fraction of sp³-hybridized carbons (Fsp3) is 0.111. The van der Waals surface area contributed by atoms with Crippen LogP contribution in [-0.2, 0) is 11.3 Å². The molecule has 0 bridgehead atoms. The number of benzene rings is 3. The van der Waals surface area contributed by atoms with Crippen molar-refractivity contribution in [2.75, 3.05) is 5.32 Å². The summed E-state index contributed by atoms with van der Waals surface area (Å²) in [7, 11) is 0. The molecular weight excluding hydrogens is 424 g/mol. The lowest BCUT2D eigenvalue weighted by Gasteiger charge is -2.10. The van der Waals surface area contributed by atoms with Gasteiger partial charge in [0.15, 0.2) is 5.65 Å². The van der Waals surface area contributed by atoms with Gasteiger partial charge in [-0.05, 0) is 37.3 Å². The smallest absolute Gasteiger partial charge is 0.227 e. The first-order valence-corrected chi connectivity index (χ1v) is 11.2. The highest BCUT2D eigenvalue weighted by Gasteiger charge is 2.16. The van der Waals surface area contributed by atoms with Gasteiger partial charge in [-0.3, -0.25) is 4.79 Å². The summed E-state index contributed by atoms with van der Waals surface area (Å²) in [4.78, 5) is 22.7. The van der Waals surface area contributed by atoms with Crippen molar-refractivity contribution in [2.45, 2.75) is 19.9 Å². The largest absolute Gasteiger partial charge is 0.323 e. The quantitative estimate of drug-likeness (QED) is 0.392. The van der Waals surface area contributed by atoms with Gasteiger partial charge in [-0.15, -0.1) is 0 Å². The molecule has 0 aliphatic carbocycles. The minimum atomic E-state index is -0.0863. The second kappa shape index (κ2) is 8.12. The number of nitrogens with zero attached hydrogens (tertiary/aromatic N) is 5. The van der Waals surface area contributed by atoms with Crippen molar-refractivity contribution in [3.05, 3.63) is 90.6 Å². The summed E-state index contributed by atoms with van der Waals surface area (Å²) in [5, 5.41) is 8.60. The molecule has 0 aliphatic rings. The molecule has 1 amide bonds. The molecule has 0 saturated heterocycles. The average Bonchev–Trinajstić information content (AvgIpc) is 3.38. The van der Waals surface area contributed by atoms with E-state index in [1.807, 2.05) is 79.7 Å². The third-order valence-electron chi connectivity index (χ3n) is 5.92. The van der Waals surface area contributed by atoms with Gasteiger partial charge >= 0.3 is 0 Å². The molecule has 0 fully saturated rings. The van der Waals surface area contributed by atoms with Crippen LogP contribution in [0.1, 0.15) is 12.1 Å². The van der Waals surface area contributed by atoms with Crippen LogP contribution in [0.3, 0.4) is 0 Å². The van der Waals surface area contributed by atoms with Crippen molar-refractivity contribution in [2.24, 2.45) is 0 Å². The second-order valence-electron chi connectivity index (χ2n) is 8.27. The fourth-order valence-electron chi connectivity index (χ4n) is 4.38. The van der Waals surface area contributed by atoms with E-state index in [1.165, 1.54) is 0 Å². The zero-order valence-electron chi connectivity index (χ0n) is 18.6. The summed E-state index contributed by atoms with van der Waals surface area (Å²) >= 11 is 0. The van der Waals surface area contributed by atoms with Crippen molar-refractivity contribution in [1.82, 2.24) is 24.3 Å². The third kappa shape index (κ3) is 3.47. The molecule has 1 N–H and O–H groups in total. The molecule has 0 atom stereocenters. The summed E-state index contributed by atoms with van der Waals surface area (Å²) in [6, 6.07) is 27.6. The van der Waals surface area contributed by atoms with E-state index in [1.54, 1.807) is 4.68 Å². The van der Waals surface area contributed by atoms with E-state index < -0.39 is 0 Å². The van der Waals surface area contributed by atoms with Crippen LogP contribution < -0.4 is 5.32 Å². The van der Waals surface area contributed by atoms with E-state index in [2.05, 4.69) is 27.1 Å². The Balaban J connectivity index is 1.32. The predicted octanol–water partition coefficient (Wildman–Crippen LogP) is 5.26. The highest BCUT2D eigenvalue weighted by Crippen LogP contribution is 2.28. The number of aryl methyl sites for hydroxylation is 2. The van der Waals surface area contributed by atoms with Crippen molar-refractivity contribution in [3.63, 3.8) is 0 Å². The maximum Gasteiger partial charge on any atom is 0.227 e. The number of carbonyl (C=O) groups excluding carboxylic acids is 1. The molecule has 0 saturated carbocycles. The Morgan fingerprint density at radius 2 is 1.59 bits per heavy atom. The lowest BCUT2D eigenvalue weighted by molar-refractivity contribution is -0.116. The number of anilines is 1. The normalized spacial score (nSPS) is 11.4. The highest BCUT2D eigenvalue weighted by atomic mass is 16.1. The number of para-hydroxylation sites is 4. The van der Waals surface area contributed by atoms with Crippen LogP contribution in [0.5, 0.6) is 0 Å². The molecule has 3 aromatic carbocycles. The number of amides is 1. The molecule has 7 nitrogen and oxygen atoms in total. The number of hydrogen-bond acceptors (Lipinski definition) is 4. The predicted molar refractivity (Wildman–Crippen MR) is 134 cm³/mol. The molecule has 7 heteroatoms. The van der Waals surface area contributed by atoms with Gasteiger partial charge in [0.05, 0.1) is 27.9 Å². The maximum absolute atomic E-state index is 13.0. The molecule has 0 unspecified atom stereocenters. The Bertz CT molecular complexity index is 1670. The monoisotopic (exact) mass is 446 g/mol. The van der Waals surface area contributed by atoms with Gasteiger partial charge < -0.3 is 9.88 Å². The first kappa shape index (κ1) is 20.1. The molecule has 34 heavy (non-hydrogen) atoms. The molecular formula is C27H22N6O. The number of aromatic nitrogens is 5. The van der Waals surface area contributed by atoms with E-state index >= 15 is 0 Å². The summed E-state index contributed by atoms with van der Waals surface area (Å²) in [5.41, 5.74) is 6.10. The Kier molecular flexibility index (Phi) is 4.80. The van der Waals surface area contributed by atoms with Crippen molar-refractivity contribution in [1.29, 1.82) is 0 Å². The Morgan fingerprint density at radius 1 is 0.882 bits per heavy atom. The Hall–Kier alpha value is -4.52. The van der Waals surface area contributed by atoms with E-state index in [9.17, 15) is 4.79 Å². The second-order valence-corrected chi connectivity index (χ2v) is 8.27. The molecule has 6 rings (SSSR count). The van der Waals surface area contributed by atoms with Crippen LogP contribution in [0, 0.1) is 6.92 Å². The number of rotatable bonds is 5. The van der Waals surface area contributed by atoms with Gasteiger partial charge in [-0.1, -0.05) is 48.5 Å². The number of nitrogens with one attached hydrogen (secondary N) is 1. The summed E-state index contributed by atoms with van der Waals surface area (Å²) < 4.78 is 3.84. The highest BCUT2D eigenvalue weighted by molar-refractivity contribution is 6.06. The lowest BCUT2D eigenvalue weighted by atomic mass is 10.2. The minimum absolute atomic E-state index is 0.0863. The van der Waals surface area contributed by atoms with E-state index in [-0.39, 0.29) is 5.91 Å². The fourth-order valence-corrected chi connectivity index (χ4v) is 4.38. The van der Waals surface area contributed by atoms with Crippen molar-refractivity contribution < 1.29 is 4.79 Å². The van der Waals surface area contributed by atoms with Gasteiger partial charge in [0.2, 0.25) is 5.91 Å². The number of carbonyl (C=O) groups is 1. The van der Waals surface area contributed by atoms with Crippen LogP contribution in [0.4, 0.5) is 5.82 Å². The standard InChI is InChI=1S/C27H22N6O/c1-18-17-24(33(31-18)19-9-3-2-4-10-19)30-25(34)15-16-32-23-14-8-5-11-20(23)26-27(32)29-22-13-7-6-12-21(22)28-26/h2-14,17H,15-16H2,1H3,(H,30,34). The number of fused-ring (bicyclic) bond motifs is 4. The SMILES string of the molecule is Cc1cc(NC(=O)CCn2c3ccccc3c3nc4ccccc4nc32)n(-c2ccccc2)n1. The van der Waals surface area contributed by atoms with Gasteiger partial charge in [-0.2, -0.15) is 5.10 Å². The Labute approximate surface area is 195 Å². The van der Waals surface area contributed by atoms with Gasteiger partial charge in [0, 0.05) is 24.4 Å². The number of hydrogen-bond donors (Lipinski definition) is 1. The van der Waals surface area contributed by atoms with Crippen LogP contribution in [0.15, 0.2) is 84.9 Å². The molecule has 0 spiro atoms. The van der Waals surface area contributed by atoms with Crippen LogP contribution >= 0.6 is 0 Å². The first-order chi connectivity index (χ1) is 16.7. The maximum atomic E-state index is 13.0. The third-order valence-corrected chi connectivity index (χ3v) is 5.92. The summed E-state index contributed by atoms with van der Waals surface area (Å²) in [5.74, 6) is 0.568. The summed E-state index contributed by atoms with van der Waals surface area (Å²) in [6.07, 6.45) is 0.293. The molecule has 6 aromatic rings. The molecule has 3 aromatic heterocycles. The van der Waals surface area contributed by atoms with Gasteiger partial charge in [0.25, 0.3) is 0 Å². The van der Waals surface area contributed by atoms with Gasteiger partial charge in [0.1, 0.15) is 11.3 Å². The first-order valence-electron chi connectivity index (χ1n) is 11.2. The zero-order chi connectivity index (χ0) is 23.1. The lowest BCUT2D eigenvalue weighted by Crippen LogP contribution is -2.17. The molecule has 0 aliphatic heterocycles. The minimum Gasteiger partial charge on any atom is -0.323 e. The summed E-state index contributed by atoms with van der Waals surface area (Å²) in [6.45, 7) is 2.40. The van der Waals surface area contributed by atoms with E-state index in [4.69, 9.17) is 9.97 Å². The Morgan fingerprint density at radius 3 is 2.41 bits per heavy atom. The zero-order valence-corrected chi connectivity index (χ0v) is 18.6. The van der Waals surface area contributed by atoms with Crippen LogP contribution in [-0.4, -0.2) is 30.2 Å². The van der Waals surface area contributed by atoms with Crippen molar-refractivity contribution in [3.8, 4) is 5.69 Å². The molecule has 166 valence electrons. The van der Waals surface area contributed by atoms with E-state index in [0.717, 1.165) is 44.5 Å². The van der Waals surface area contributed by atoms with E-state index in [0.29, 0.717) is 18.8 Å². The van der Waals surface area contributed by atoms with Crippen LogP contribution in [0.2, 0.25) is 0 Å². The molecule has 3 heterocycles. The average molecular weight is 447 g/mol. The topological polar surface area (TPSA) is 77.6 Å².